The van der Waals surface area contributed by atoms with Gasteiger partial charge in [-0.15, -0.1) is 0 Å². The molecule has 0 aromatic heterocycles. The Morgan fingerprint density at radius 3 is 2.38 bits per heavy atom. The molecule has 1 aliphatic rings. The monoisotopic (exact) mass is 345 g/mol. The lowest BCUT2D eigenvalue weighted by molar-refractivity contribution is -0.140. The van der Waals surface area contributed by atoms with Crippen molar-refractivity contribution in [3.05, 3.63) is 58.7 Å². The molecule has 1 aromatic rings. The molecular formula is C15H11F4NO4. The van der Waals surface area contributed by atoms with Crippen molar-refractivity contribution in [2.45, 2.75) is 12.1 Å². The number of methoxy groups -OCH3 is 1. The number of hydrogen-bond acceptors (Lipinski definition) is 4. The van der Waals surface area contributed by atoms with Gasteiger partial charge in [0.1, 0.15) is 5.82 Å². The van der Waals surface area contributed by atoms with E-state index < -0.39 is 35.4 Å². The summed E-state index contributed by atoms with van der Waals surface area (Å²) in [5.41, 5.74) is -2.34. The number of carboxylic acids is 1. The predicted molar refractivity (Wildman–Crippen MR) is 73.1 cm³/mol. The van der Waals surface area contributed by atoms with Crippen molar-refractivity contribution in [2.75, 3.05) is 7.11 Å². The molecule has 2 N–H and O–H groups in total. The maximum absolute atomic E-state index is 13.4. The summed E-state index contributed by atoms with van der Waals surface area (Å²) in [6.45, 7) is 0. The number of rotatable bonds is 3. The Morgan fingerprint density at radius 2 is 1.83 bits per heavy atom. The maximum Gasteiger partial charge on any atom is 0.419 e. The molecule has 0 aliphatic carbocycles. The fourth-order valence-electron chi connectivity index (χ4n) is 2.33. The van der Waals surface area contributed by atoms with Crippen molar-refractivity contribution >= 4 is 11.9 Å². The number of esters is 1. The molecule has 0 bridgehead atoms. The number of carbonyl (C=O) groups is 2. The Kier molecular flexibility index (Phi) is 4.63. The Morgan fingerprint density at radius 1 is 1.21 bits per heavy atom. The molecule has 0 radical (unpaired) electrons. The van der Waals surface area contributed by atoms with Crippen molar-refractivity contribution in [3.8, 4) is 0 Å². The number of halogens is 4. The first-order chi connectivity index (χ1) is 11.2. The van der Waals surface area contributed by atoms with Crippen molar-refractivity contribution in [1.82, 2.24) is 5.32 Å². The minimum atomic E-state index is -4.96. The highest BCUT2D eigenvalue weighted by Crippen LogP contribution is 2.38. The third kappa shape index (κ3) is 3.24. The number of benzene rings is 1. The molecule has 5 nitrogen and oxygen atoms in total. The normalized spacial score (nSPS) is 17.5. The largest absolute Gasteiger partial charge is 0.478 e. The molecule has 0 spiro atoms. The second-order valence-electron chi connectivity index (χ2n) is 4.83. The van der Waals surface area contributed by atoms with Crippen molar-refractivity contribution in [1.29, 1.82) is 0 Å². The first kappa shape index (κ1) is 17.5. The molecule has 1 atom stereocenters. The third-order valence-corrected chi connectivity index (χ3v) is 3.40. The summed E-state index contributed by atoms with van der Waals surface area (Å²) in [6, 6.07) is 2.06. The zero-order valence-corrected chi connectivity index (χ0v) is 12.1. The highest BCUT2D eigenvalue weighted by Gasteiger charge is 2.37. The summed E-state index contributed by atoms with van der Waals surface area (Å²) >= 11 is 0. The quantitative estimate of drug-likeness (QED) is 0.650. The molecule has 0 amide bonds. The van der Waals surface area contributed by atoms with Crippen LogP contribution in [0, 0.1) is 5.82 Å². The summed E-state index contributed by atoms with van der Waals surface area (Å²) in [6.07, 6.45) is -2.80. The number of carboxylic acid groups (broad SMARTS) is 1. The van der Waals surface area contributed by atoms with Gasteiger partial charge in [-0.2, -0.15) is 13.2 Å². The van der Waals surface area contributed by atoms with E-state index in [4.69, 9.17) is 0 Å². The van der Waals surface area contributed by atoms with Gasteiger partial charge in [0.25, 0.3) is 0 Å². The van der Waals surface area contributed by atoms with Crippen LogP contribution in [0.3, 0.4) is 0 Å². The van der Waals surface area contributed by atoms with Crippen molar-refractivity contribution < 1.29 is 37.0 Å². The van der Waals surface area contributed by atoms with Gasteiger partial charge in [0, 0.05) is 12.4 Å². The minimum absolute atomic E-state index is 0.199. The molecule has 2 rings (SSSR count). The van der Waals surface area contributed by atoms with Crippen molar-refractivity contribution in [3.63, 3.8) is 0 Å². The van der Waals surface area contributed by atoms with E-state index in [0.717, 1.165) is 25.6 Å². The number of nitrogens with one attached hydrogen (secondary N) is 1. The van der Waals surface area contributed by atoms with Crippen LogP contribution in [0.25, 0.3) is 0 Å². The van der Waals surface area contributed by atoms with Gasteiger partial charge >= 0.3 is 18.1 Å². The van der Waals surface area contributed by atoms with Gasteiger partial charge in [0.2, 0.25) is 0 Å². The summed E-state index contributed by atoms with van der Waals surface area (Å²) < 4.78 is 56.6. The number of alkyl halides is 3. The minimum Gasteiger partial charge on any atom is -0.478 e. The van der Waals surface area contributed by atoms with Crippen LogP contribution >= 0.6 is 0 Å². The molecule has 24 heavy (non-hydrogen) atoms. The van der Waals surface area contributed by atoms with Gasteiger partial charge in [0.15, 0.2) is 0 Å². The van der Waals surface area contributed by atoms with Crippen LogP contribution in [0.1, 0.15) is 17.0 Å². The molecule has 128 valence electrons. The van der Waals surface area contributed by atoms with Gasteiger partial charge in [-0.05, 0) is 17.7 Å². The lowest BCUT2D eigenvalue weighted by Crippen LogP contribution is -2.26. The van der Waals surface area contributed by atoms with E-state index in [9.17, 15) is 32.3 Å². The maximum atomic E-state index is 13.4. The van der Waals surface area contributed by atoms with Crippen LogP contribution < -0.4 is 5.32 Å². The van der Waals surface area contributed by atoms with E-state index in [1.165, 1.54) is 0 Å². The number of carbonyl (C=O) groups excluding carboxylic acids is 1. The van der Waals surface area contributed by atoms with Gasteiger partial charge in [0.05, 0.1) is 29.7 Å². The van der Waals surface area contributed by atoms with E-state index in [0.29, 0.717) is 12.1 Å². The fourth-order valence-corrected chi connectivity index (χ4v) is 2.33. The molecule has 0 saturated heterocycles. The lowest BCUT2D eigenvalue weighted by atomic mass is 9.83. The fraction of sp³-hybridized carbons (Fsp3) is 0.200. The summed E-state index contributed by atoms with van der Waals surface area (Å²) in [5, 5.41) is 11.7. The summed E-state index contributed by atoms with van der Waals surface area (Å²) in [5.74, 6) is -5.19. The van der Waals surface area contributed by atoms with E-state index >= 15 is 0 Å². The summed E-state index contributed by atoms with van der Waals surface area (Å²) in [4.78, 5) is 23.2. The Hall–Kier alpha value is -2.84. The van der Waals surface area contributed by atoms with E-state index in [1.54, 1.807) is 0 Å². The summed E-state index contributed by atoms with van der Waals surface area (Å²) in [7, 11) is 1.05. The Labute approximate surface area is 133 Å². The number of dihydropyridines is 1. The molecular weight excluding hydrogens is 334 g/mol. The van der Waals surface area contributed by atoms with E-state index in [1.807, 2.05) is 0 Å². The van der Waals surface area contributed by atoms with Gasteiger partial charge in [-0.1, -0.05) is 6.07 Å². The zero-order chi connectivity index (χ0) is 18.1. The first-order valence-electron chi connectivity index (χ1n) is 6.51. The highest BCUT2D eigenvalue weighted by molar-refractivity contribution is 5.97. The molecule has 1 aliphatic heterocycles. The average molecular weight is 345 g/mol. The standard InChI is InChI=1S/C15H11F4NO4/c1-24-14(23)9-6-20-5-8(13(21)22)12(9)7-2-3-11(16)10(4-7)15(17,18)19/h2-6,12,20H,1H3,(H,21,22). The van der Waals surface area contributed by atoms with Crippen LogP contribution in [-0.2, 0) is 20.5 Å². The van der Waals surface area contributed by atoms with Crippen LogP contribution in [0.15, 0.2) is 41.7 Å². The average Bonchev–Trinajstić information content (AvgIpc) is 2.52. The molecule has 0 saturated carbocycles. The SMILES string of the molecule is COC(=O)C1=CNC=C(C(=O)O)C1c1ccc(F)c(C(F)(F)F)c1. The molecule has 1 aromatic carbocycles. The number of aliphatic carboxylic acids is 1. The second kappa shape index (κ2) is 6.34. The number of hydrogen-bond donors (Lipinski definition) is 2. The van der Waals surface area contributed by atoms with Gasteiger partial charge < -0.3 is 15.2 Å². The van der Waals surface area contributed by atoms with E-state index in [2.05, 4.69) is 10.1 Å². The number of ether oxygens (including phenoxy) is 1. The second-order valence-corrected chi connectivity index (χ2v) is 4.83. The van der Waals surface area contributed by atoms with Crippen molar-refractivity contribution in [2.24, 2.45) is 0 Å². The van der Waals surface area contributed by atoms with Crippen LogP contribution in [0.2, 0.25) is 0 Å². The third-order valence-electron chi connectivity index (χ3n) is 3.40. The molecule has 1 heterocycles. The van der Waals surface area contributed by atoms with Gasteiger partial charge in [-0.3, -0.25) is 0 Å². The molecule has 0 fully saturated rings. The Balaban J connectivity index is 2.62. The van der Waals surface area contributed by atoms with Crippen LogP contribution in [0.4, 0.5) is 17.6 Å². The predicted octanol–water partition coefficient (Wildman–Crippen LogP) is 2.56. The van der Waals surface area contributed by atoms with Gasteiger partial charge in [-0.25, -0.2) is 14.0 Å². The molecule has 1 unspecified atom stereocenters. The van der Waals surface area contributed by atoms with Crippen LogP contribution in [0.5, 0.6) is 0 Å². The first-order valence-corrected chi connectivity index (χ1v) is 6.51. The van der Waals surface area contributed by atoms with E-state index in [-0.39, 0.29) is 16.7 Å². The lowest BCUT2D eigenvalue weighted by Gasteiger charge is -2.24. The molecule has 9 heteroatoms. The van der Waals surface area contributed by atoms with Crippen LogP contribution in [-0.4, -0.2) is 24.2 Å². The zero-order valence-electron chi connectivity index (χ0n) is 12.1. The highest BCUT2D eigenvalue weighted by atomic mass is 19.4. The smallest absolute Gasteiger partial charge is 0.419 e. The Bertz CT molecular complexity index is 752. The topological polar surface area (TPSA) is 75.6 Å².